The molecule has 0 aliphatic carbocycles. The lowest BCUT2D eigenvalue weighted by Gasteiger charge is -2.39. The topological polar surface area (TPSA) is 0 Å². The normalized spacial score (nSPS) is 13.9. The third-order valence-corrected chi connectivity index (χ3v) is 15.0. The van der Waals surface area contributed by atoms with E-state index in [0.717, 1.165) is 11.5 Å². The molecule has 0 aliphatic heterocycles. The molecule has 0 fully saturated rings. The smallest absolute Gasteiger partial charge is 0.0299 e. The van der Waals surface area contributed by atoms with E-state index in [0.29, 0.717) is 21.7 Å². The van der Waals surface area contributed by atoms with Gasteiger partial charge < -0.3 is 0 Å². The lowest BCUT2D eigenvalue weighted by molar-refractivity contribution is 0.165. The molecule has 0 saturated carbocycles. The monoisotopic (exact) mass is 674 g/mol. The van der Waals surface area contributed by atoms with Crippen molar-refractivity contribution in [2.45, 2.75) is 159 Å². The molecule has 0 aromatic heterocycles. The summed E-state index contributed by atoms with van der Waals surface area (Å²) in [5.74, 6) is 2.10. The van der Waals surface area contributed by atoms with Gasteiger partial charge in [-0.2, -0.15) is 0 Å². The first-order valence-corrected chi connectivity index (χ1v) is 21.7. The third kappa shape index (κ3) is 13.9. The van der Waals surface area contributed by atoms with Crippen LogP contribution in [0, 0.1) is 35.5 Å². The first kappa shape index (κ1) is 40.0. The zero-order chi connectivity index (χ0) is 33.8. The fourth-order valence-electron chi connectivity index (χ4n) is 8.30. The summed E-state index contributed by atoms with van der Waals surface area (Å²) in [5.41, 5.74) is 10.4. The van der Waals surface area contributed by atoms with Crippen LogP contribution in [-0.2, 0) is 22.3 Å². The van der Waals surface area contributed by atoms with Crippen molar-refractivity contribution in [2.24, 2.45) is 21.7 Å². The number of hydrogen-bond acceptors (Lipinski definition) is 4. The van der Waals surface area contributed by atoms with Gasteiger partial charge in [0.2, 0.25) is 0 Å². The van der Waals surface area contributed by atoms with E-state index >= 15 is 0 Å². The molecule has 0 atom stereocenters. The molecule has 4 heteroatoms. The van der Waals surface area contributed by atoms with E-state index in [1.807, 2.05) is 41.2 Å². The van der Waals surface area contributed by atoms with Crippen molar-refractivity contribution in [1.82, 2.24) is 0 Å². The fraction of sp³-hybridized carbons (Fsp3) is 0.700. The highest BCUT2D eigenvalue weighted by Gasteiger charge is 2.34. The second-order valence-electron chi connectivity index (χ2n) is 18.9. The number of rotatable bonds is 15. The van der Waals surface area contributed by atoms with Crippen LogP contribution < -0.4 is 0 Å². The van der Waals surface area contributed by atoms with E-state index in [-0.39, 0.29) is 10.8 Å². The summed E-state index contributed by atoms with van der Waals surface area (Å²) in [5, 5.41) is 0. The van der Waals surface area contributed by atoms with Crippen LogP contribution in [0.15, 0.2) is 36.4 Å². The lowest BCUT2D eigenvalue weighted by atomic mass is 9.66. The first-order chi connectivity index (χ1) is 19.8. The second kappa shape index (κ2) is 15.4. The van der Waals surface area contributed by atoms with Gasteiger partial charge in [-0.25, -0.2) is 0 Å². The highest BCUT2D eigenvalue weighted by atomic mass is 33.7. The Kier molecular flexibility index (Phi) is 14.0. The lowest BCUT2D eigenvalue weighted by Crippen LogP contribution is -2.30. The van der Waals surface area contributed by atoms with E-state index in [4.69, 9.17) is 0 Å². The third-order valence-electron chi connectivity index (χ3n) is 8.67. The number of benzene rings is 2. The van der Waals surface area contributed by atoms with E-state index in [9.17, 15) is 0 Å². The molecule has 44 heavy (non-hydrogen) atoms. The molecule has 0 N–H and O–H groups in total. The summed E-state index contributed by atoms with van der Waals surface area (Å²) in [6.45, 7) is 38.3. The van der Waals surface area contributed by atoms with Crippen LogP contribution in [0.5, 0.6) is 0 Å². The fourth-order valence-corrected chi connectivity index (χ4v) is 14.3. The van der Waals surface area contributed by atoms with Gasteiger partial charge in [0.05, 0.1) is 0 Å². The minimum Gasteiger partial charge on any atom is -0.0769 e. The molecule has 0 heterocycles. The quantitative estimate of drug-likeness (QED) is 0.136. The average molecular weight is 675 g/mol. The number of aryl methyl sites for hydroxylation is 2. The summed E-state index contributed by atoms with van der Waals surface area (Å²) in [4.78, 5) is 0. The van der Waals surface area contributed by atoms with Crippen LogP contribution in [0.3, 0.4) is 0 Å². The van der Waals surface area contributed by atoms with Gasteiger partial charge in [-0.3, -0.25) is 0 Å². The predicted octanol–water partition coefficient (Wildman–Crippen LogP) is 14.9. The van der Waals surface area contributed by atoms with Crippen molar-refractivity contribution in [1.29, 1.82) is 0 Å². The summed E-state index contributed by atoms with van der Waals surface area (Å²) < 4.78 is 0. The standard InChI is InChI=1S/C40H66S4/c1-29-17-19-33(39(13,14)27-37(9,10)25-35(3,4)5)21-31(29)23-41-43-44-42-24-32-22-34(20-18-30(32)2)40(15,16)28-38(11,12)26-36(6,7)8/h17-22H,23-28H2,1-16H3. The van der Waals surface area contributed by atoms with Crippen LogP contribution in [0.4, 0.5) is 0 Å². The van der Waals surface area contributed by atoms with Gasteiger partial charge in [0.15, 0.2) is 0 Å². The molecule has 0 unspecified atom stereocenters. The Balaban J connectivity index is 1.95. The van der Waals surface area contributed by atoms with Crippen LogP contribution in [0.1, 0.15) is 156 Å². The van der Waals surface area contributed by atoms with E-state index in [1.54, 1.807) is 0 Å². The molecule has 2 rings (SSSR count). The van der Waals surface area contributed by atoms with Crippen LogP contribution in [0.25, 0.3) is 0 Å². The zero-order valence-electron chi connectivity index (χ0n) is 31.3. The maximum absolute atomic E-state index is 2.49. The van der Waals surface area contributed by atoms with Crippen LogP contribution in [0.2, 0.25) is 0 Å². The maximum atomic E-state index is 2.49. The Morgan fingerprint density at radius 3 is 1.07 bits per heavy atom. The molecule has 2 aromatic carbocycles. The van der Waals surface area contributed by atoms with Crippen molar-refractivity contribution >= 4 is 41.2 Å². The van der Waals surface area contributed by atoms with Gasteiger partial charge in [-0.05, 0) is 125 Å². The summed E-state index contributed by atoms with van der Waals surface area (Å²) >= 11 is 0. The van der Waals surface area contributed by atoms with Crippen molar-refractivity contribution in [2.75, 3.05) is 0 Å². The SMILES string of the molecule is Cc1ccc(C(C)(C)CC(C)(C)CC(C)(C)C)cc1CSSSSCc1cc(C(C)(C)CC(C)(C)CC(C)(C)C)ccc1C. The highest BCUT2D eigenvalue weighted by molar-refractivity contribution is 9.25. The second-order valence-corrected chi connectivity index (χ2v) is 24.9. The average Bonchev–Trinajstić information content (AvgIpc) is 2.78. The maximum Gasteiger partial charge on any atom is 0.0299 e. The van der Waals surface area contributed by atoms with Gasteiger partial charge >= 0.3 is 0 Å². The van der Waals surface area contributed by atoms with Gasteiger partial charge in [-0.1, -0.05) is 155 Å². The molecular formula is C40H66S4. The molecule has 0 nitrogen and oxygen atoms in total. The zero-order valence-corrected chi connectivity index (χ0v) is 34.6. The van der Waals surface area contributed by atoms with Crippen molar-refractivity contribution < 1.29 is 0 Å². The van der Waals surface area contributed by atoms with Crippen molar-refractivity contribution in [3.63, 3.8) is 0 Å². The summed E-state index contributed by atoms with van der Waals surface area (Å²) in [6.07, 6.45) is 4.86. The Hall–Kier alpha value is -0.160. The Labute approximate surface area is 289 Å². The Bertz CT molecular complexity index is 1110. The molecule has 0 radical (unpaired) electrons. The molecule has 250 valence electrons. The van der Waals surface area contributed by atoms with Gasteiger partial charge in [0.1, 0.15) is 0 Å². The van der Waals surface area contributed by atoms with E-state index < -0.39 is 0 Å². The predicted molar refractivity (Wildman–Crippen MR) is 211 cm³/mol. The first-order valence-electron chi connectivity index (χ1n) is 16.6. The van der Waals surface area contributed by atoms with Crippen LogP contribution in [-0.4, -0.2) is 0 Å². The van der Waals surface area contributed by atoms with Crippen molar-refractivity contribution in [3.05, 3.63) is 69.8 Å². The molecule has 0 bridgehead atoms. The molecule has 0 aliphatic rings. The minimum absolute atomic E-state index is 0.156. The Morgan fingerprint density at radius 1 is 0.455 bits per heavy atom. The van der Waals surface area contributed by atoms with Gasteiger partial charge in [0, 0.05) is 11.5 Å². The molecule has 0 spiro atoms. The minimum atomic E-state index is 0.156. The molecule has 2 aromatic rings. The summed E-state index contributed by atoms with van der Waals surface area (Å²) in [7, 11) is 7.82. The largest absolute Gasteiger partial charge is 0.0769 e. The number of hydrogen-bond donors (Lipinski definition) is 0. The summed E-state index contributed by atoms with van der Waals surface area (Å²) in [6, 6.07) is 14.4. The van der Waals surface area contributed by atoms with E-state index in [2.05, 4.69) is 147 Å². The molecular weight excluding hydrogens is 609 g/mol. The highest BCUT2D eigenvalue weighted by Crippen LogP contribution is 2.48. The van der Waals surface area contributed by atoms with Gasteiger partial charge in [-0.15, -0.1) is 0 Å². The van der Waals surface area contributed by atoms with E-state index in [1.165, 1.54) is 59.1 Å². The molecule has 0 amide bonds. The van der Waals surface area contributed by atoms with Gasteiger partial charge in [0.25, 0.3) is 0 Å². The molecule has 0 saturated heterocycles. The van der Waals surface area contributed by atoms with Crippen molar-refractivity contribution in [3.8, 4) is 0 Å². The van der Waals surface area contributed by atoms with Crippen LogP contribution >= 0.6 is 41.2 Å². The Morgan fingerprint density at radius 2 is 0.773 bits per heavy atom.